The van der Waals surface area contributed by atoms with Gasteiger partial charge >= 0.3 is 0 Å². The van der Waals surface area contributed by atoms with Crippen LogP contribution in [0.3, 0.4) is 0 Å². The molecule has 0 bridgehead atoms. The van der Waals surface area contributed by atoms with Gasteiger partial charge in [-0.15, -0.1) is 15.0 Å². The smallest absolute Gasteiger partial charge is 0.176 e. The summed E-state index contributed by atoms with van der Waals surface area (Å²) in [5, 5.41) is 16.1. The first-order chi connectivity index (χ1) is 8.81. The number of rotatable bonds is 3. The number of nitrogens with one attached hydrogen (secondary N) is 1. The number of hydrogen-bond donors (Lipinski definition) is 1. The maximum Gasteiger partial charge on any atom is 0.176 e. The topological polar surface area (TPSA) is 55.6 Å². The molecule has 1 fully saturated rings. The van der Waals surface area contributed by atoms with E-state index in [1.807, 2.05) is 12.1 Å². The van der Waals surface area contributed by atoms with Gasteiger partial charge in [-0.1, -0.05) is 12.1 Å². The van der Waals surface area contributed by atoms with Crippen molar-refractivity contribution in [3.05, 3.63) is 35.7 Å². The first-order valence-electron chi connectivity index (χ1n) is 6.40. The van der Waals surface area contributed by atoms with Crippen molar-refractivity contribution in [2.24, 2.45) is 0 Å². The van der Waals surface area contributed by atoms with Crippen LogP contribution >= 0.6 is 0 Å². The number of hydrogen-bond acceptors (Lipinski definition) is 4. The van der Waals surface area contributed by atoms with Crippen molar-refractivity contribution < 1.29 is 0 Å². The summed E-state index contributed by atoms with van der Waals surface area (Å²) in [6.07, 6.45) is 3.32. The summed E-state index contributed by atoms with van der Waals surface area (Å²) in [4.78, 5) is 1.61. The van der Waals surface area contributed by atoms with E-state index >= 15 is 0 Å². The summed E-state index contributed by atoms with van der Waals surface area (Å²) < 4.78 is 0. The van der Waals surface area contributed by atoms with Crippen LogP contribution in [0.2, 0.25) is 0 Å². The van der Waals surface area contributed by atoms with Gasteiger partial charge in [0.05, 0.1) is 5.69 Å². The molecule has 0 amide bonds. The van der Waals surface area contributed by atoms with Gasteiger partial charge in [-0.3, -0.25) is 0 Å². The molecular weight excluding hydrogens is 226 g/mol. The average Bonchev–Trinajstić information content (AvgIpc) is 3.01. The van der Waals surface area contributed by atoms with Gasteiger partial charge in [0.15, 0.2) is 5.82 Å². The summed E-state index contributed by atoms with van der Waals surface area (Å²) in [5.74, 6) is 0.816. The van der Waals surface area contributed by atoms with E-state index in [1.54, 1.807) is 4.80 Å². The molecular formula is C13H17N5. The molecule has 0 saturated carbocycles. The zero-order chi connectivity index (χ0) is 12.4. The molecule has 5 nitrogen and oxygen atoms in total. The second-order valence-electron chi connectivity index (χ2n) is 4.83. The standard InChI is InChI=1S/C13H17N5/c1-10-4-2-6-12(8-10)18-16-13(15-17-18)9-11-5-3-7-14-11/h2,4,6,8,11,14H,3,5,7,9H2,1H3. The highest BCUT2D eigenvalue weighted by Crippen LogP contribution is 2.10. The summed E-state index contributed by atoms with van der Waals surface area (Å²) in [6.45, 7) is 3.17. The molecule has 1 aromatic carbocycles. The van der Waals surface area contributed by atoms with E-state index in [2.05, 4.69) is 39.8 Å². The fourth-order valence-corrected chi connectivity index (χ4v) is 2.34. The zero-order valence-corrected chi connectivity index (χ0v) is 10.5. The van der Waals surface area contributed by atoms with Crippen LogP contribution in [0.15, 0.2) is 24.3 Å². The Hall–Kier alpha value is -1.75. The molecule has 1 aliphatic heterocycles. The van der Waals surface area contributed by atoms with Gasteiger partial charge in [0.25, 0.3) is 0 Å². The van der Waals surface area contributed by atoms with Crippen LogP contribution in [0.5, 0.6) is 0 Å². The summed E-state index contributed by atoms with van der Waals surface area (Å²) in [7, 11) is 0. The van der Waals surface area contributed by atoms with Crippen LogP contribution in [-0.2, 0) is 6.42 Å². The zero-order valence-electron chi connectivity index (χ0n) is 10.5. The fourth-order valence-electron chi connectivity index (χ4n) is 2.34. The minimum atomic E-state index is 0.514. The van der Waals surface area contributed by atoms with Gasteiger partial charge in [-0.25, -0.2) is 0 Å². The molecule has 5 heteroatoms. The Morgan fingerprint density at radius 1 is 1.44 bits per heavy atom. The largest absolute Gasteiger partial charge is 0.314 e. The SMILES string of the molecule is Cc1cccc(-n2nnc(CC3CCCN3)n2)c1. The molecule has 3 rings (SSSR count). The Morgan fingerprint density at radius 3 is 3.17 bits per heavy atom. The van der Waals surface area contributed by atoms with Crippen molar-refractivity contribution in [3.8, 4) is 5.69 Å². The van der Waals surface area contributed by atoms with Gasteiger partial charge in [0.2, 0.25) is 0 Å². The van der Waals surface area contributed by atoms with Crippen LogP contribution in [0.25, 0.3) is 5.69 Å². The van der Waals surface area contributed by atoms with Crippen molar-refractivity contribution in [2.45, 2.75) is 32.2 Å². The first-order valence-corrected chi connectivity index (χ1v) is 6.40. The molecule has 1 aromatic heterocycles. The third-order valence-corrected chi connectivity index (χ3v) is 3.28. The maximum absolute atomic E-state index is 4.44. The Morgan fingerprint density at radius 2 is 2.39 bits per heavy atom. The molecule has 1 atom stereocenters. The number of benzene rings is 1. The van der Waals surface area contributed by atoms with Crippen molar-refractivity contribution in [1.29, 1.82) is 0 Å². The van der Waals surface area contributed by atoms with Crippen LogP contribution in [-0.4, -0.2) is 32.8 Å². The second kappa shape index (κ2) is 4.86. The number of aryl methyl sites for hydroxylation is 1. The van der Waals surface area contributed by atoms with E-state index in [1.165, 1.54) is 18.4 Å². The lowest BCUT2D eigenvalue weighted by atomic mass is 10.1. The van der Waals surface area contributed by atoms with Gasteiger partial charge in [0, 0.05) is 12.5 Å². The predicted octanol–water partition coefficient (Wildman–Crippen LogP) is 1.27. The van der Waals surface area contributed by atoms with Gasteiger partial charge in [-0.05, 0) is 49.2 Å². The highest BCUT2D eigenvalue weighted by molar-refractivity contribution is 5.32. The summed E-state index contributed by atoms with van der Waals surface area (Å²) in [5.41, 5.74) is 2.16. The van der Waals surface area contributed by atoms with Gasteiger partial charge in [0.1, 0.15) is 0 Å². The fraction of sp³-hybridized carbons (Fsp3) is 0.462. The second-order valence-corrected chi connectivity index (χ2v) is 4.83. The third kappa shape index (κ3) is 2.41. The Labute approximate surface area is 106 Å². The molecule has 1 saturated heterocycles. The average molecular weight is 243 g/mol. The van der Waals surface area contributed by atoms with E-state index in [-0.39, 0.29) is 0 Å². The first kappa shape index (κ1) is 11.3. The van der Waals surface area contributed by atoms with Crippen LogP contribution in [0.4, 0.5) is 0 Å². The van der Waals surface area contributed by atoms with Crippen LogP contribution in [0.1, 0.15) is 24.2 Å². The summed E-state index contributed by atoms with van der Waals surface area (Å²) >= 11 is 0. The van der Waals surface area contributed by atoms with E-state index in [4.69, 9.17) is 0 Å². The highest BCUT2D eigenvalue weighted by atomic mass is 15.6. The Balaban J connectivity index is 1.76. The normalized spacial score (nSPS) is 19.3. The lowest BCUT2D eigenvalue weighted by Crippen LogP contribution is -2.24. The summed E-state index contributed by atoms with van der Waals surface area (Å²) in [6, 6.07) is 8.63. The molecule has 2 aromatic rings. The molecule has 1 aliphatic rings. The van der Waals surface area contributed by atoms with Crippen LogP contribution < -0.4 is 5.32 Å². The van der Waals surface area contributed by atoms with Crippen molar-refractivity contribution in [3.63, 3.8) is 0 Å². The lowest BCUT2D eigenvalue weighted by molar-refractivity contribution is 0.584. The molecule has 0 radical (unpaired) electrons. The molecule has 1 N–H and O–H groups in total. The maximum atomic E-state index is 4.44. The Kier molecular flexibility index (Phi) is 3.06. The predicted molar refractivity (Wildman–Crippen MR) is 68.6 cm³/mol. The van der Waals surface area contributed by atoms with E-state index < -0.39 is 0 Å². The van der Waals surface area contributed by atoms with Crippen LogP contribution in [0, 0.1) is 6.92 Å². The van der Waals surface area contributed by atoms with E-state index in [9.17, 15) is 0 Å². The van der Waals surface area contributed by atoms with E-state index in [0.717, 1.165) is 24.5 Å². The minimum absolute atomic E-state index is 0.514. The van der Waals surface area contributed by atoms with Gasteiger partial charge in [-0.2, -0.15) is 0 Å². The molecule has 1 unspecified atom stereocenters. The quantitative estimate of drug-likeness (QED) is 0.882. The monoisotopic (exact) mass is 243 g/mol. The van der Waals surface area contributed by atoms with Gasteiger partial charge < -0.3 is 5.32 Å². The van der Waals surface area contributed by atoms with E-state index in [0.29, 0.717) is 6.04 Å². The minimum Gasteiger partial charge on any atom is -0.314 e. The molecule has 94 valence electrons. The van der Waals surface area contributed by atoms with Crippen molar-refractivity contribution in [2.75, 3.05) is 6.54 Å². The van der Waals surface area contributed by atoms with Crippen molar-refractivity contribution in [1.82, 2.24) is 25.5 Å². The lowest BCUT2D eigenvalue weighted by Gasteiger charge is -2.05. The molecule has 0 aliphatic carbocycles. The number of tetrazole rings is 1. The Bertz CT molecular complexity index is 528. The molecule has 18 heavy (non-hydrogen) atoms. The number of nitrogens with zero attached hydrogens (tertiary/aromatic N) is 4. The molecule has 0 spiro atoms. The highest BCUT2D eigenvalue weighted by Gasteiger charge is 2.17. The third-order valence-electron chi connectivity index (χ3n) is 3.28. The number of aromatic nitrogens is 4. The van der Waals surface area contributed by atoms with Crippen molar-refractivity contribution >= 4 is 0 Å². The molecule has 2 heterocycles.